The van der Waals surface area contributed by atoms with E-state index in [1.165, 1.54) is 5.56 Å². The Bertz CT molecular complexity index is 1340. The van der Waals surface area contributed by atoms with Crippen molar-refractivity contribution >= 4 is 10.9 Å². The van der Waals surface area contributed by atoms with Crippen LogP contribution in [0, 0.1) is 6.92 Å². The Morgan fingerprint density at radius 3 is 2.45 bits per heavy atom. The van der Waals surface area contributed by atoms with Crippen molar-refractivity contribution in [2.24, 2.45) is 0 Å². The van der Waals surface area contributed by atoms with Crippen molar-refractivity contribution in [1.29, 1.82) is 0 Å². The summed E-state index contributed by atoms with van der Waals surface area (Å²) in [4.78, 5) is 18.2. The molecule has 0 bridgehead atoms. The number of ether oxygens (including phenoxy) is 2. The van der Waals surface area contributed by atoms with Crippen molar-refractivity contribution in [2.45, 2.75) is 19.4 Å². The Morgan fingerprint density at radius 1 is 1.00 bits per heavy atom. The van der Waals surface area contributed by atoms with Gasteiger partial charge in [0.1, 0.15) is 5.82 Å². The van der Waals surface area contributed by atoms with Gasteiger partial charge in [-0.15, -0.1) is 0 Å². The number of fused-ring (bicyclic) bond motifs is 3. The predicted molar refractivity (Wildman–Crippen MR) is 121 cm³/mol. The third kappa shape index (κ3) is 3.20. The molecule has 6 nitrogen and oxygen atoms in total. The van der Waals surface area contributed by atoms with E-state index in [4.69, 9.17) is 14.5 Å². The third-order valence-electron chi connectivity index (χ3n) is 5.82. The fraction of sp³-hybridized carbons (Fsp3) is 0.200. The van der Waals surface area contributed by atoms with Crippen LogP contribution in [0.2, 0.25) is 0 Å². The molecule has 1 aliphatic heterocycles. The summed E-state index contributed by atoms with van der Waals surface area (Å²) in [5.41, 5.74) is 8.31. The number of aryl methyl sites for hydroxylation is 1. The Morgan fingerprint density at radius 2 is 1.71 bits per heavy atom. The molecule has 156 valence electrons. The smallest absolute Gasteiger partial charge is 0.279 e. The van der Waals surface area contributed by atoms with E-state index < -0.39 is 0 Å². The molecule has 0 radical (unpaired) electrons. The van der Waals surface area contributed by atoms with E-state index in [1.807, 2.05) is 36.4 Å². The number of methoxy groups -OCH3 is 2. The van der Waals surface area contributed by atoms with Crippen molar-refractivity contribution in [1.82, 2.24) is 9.66 Å². The quantitative estimate of drug-likeness (QED) is 0.551. The van der Waals surface area contributed by atoms with Gasteiger partial charge in [-0.05, 0) is 47.9 Å². The van der Waals surface area contributed by atoms with Crippen LogP contribution in [0.5, 0.6) is 11.5 Å². The number of nitrogens with one attached hydrogen (secondary N) is 1. The maximum absolute atomic E-state index is 13.4. The number of aromatic nitrogens is 2. The fourth-order valence-corrected chi connectivity index (χ4v) is 4.17. The number of nitrogens with zero attached hydrogens (tertiary/aromatic N) is 2. The minimum absolute atomic E-state index is 0.107. The van der Waals surface area contributed by atoms with Gasteiger partial charge < -0.3 is 14.9 Å². The molecule has 0 spiro atoms. The molecule has 1 N–H and O–H groups in total. The van der Waals surface area contributed by atoms with Gasteiger partial charge in [-0.1, -0.05) is 42.0 Å². The van der Waals surface area contributed by atoms with Gasteiger partial charge in [-0.2, -0.15) is 0 Å². The Hall–Kier alpha value is -3.80. The second-order valence-electron chi connectivity index (χ2n) is 7.74. The number of para-hydroxylation sites is 1. The van der Waals surface area contributed by atoms with Gasteiger partial charge in [-0.3, -0.25) is 4.79 Å². The van der Waals surface area contributed by atoms with E-state index in [0.717, 1.165) is 16.7 Å². The van der Waals surface area contributed by atoms with Gasteiger partial charge in [0.05, 0.1) is 31.2 Å². The molecule has 5 rings (SSSR count). The standard InChI is InChI=1S/C25H23N3O3/c1-15-8-10-16(11-9-15)24-19-14-22(31-3)21(30-2)12-17(19)13-23-26-20-7-5-4-6-18(20)25(29)28(23)27-24/h4-12,14,24,27H,13H2,1-3H3/t24-/m1/s1. The van der Waals surface area contributed by atoms with Crippen LogP contribution >= 0.6 is 0 Å². The lowest BCUT2D eigenvalue weighted by molar-refractivity contribution is 0.354. The summed E-state index contributed by atoms with van der Waals surface area (Å²) >= 11 is 0. The van der Waals surface area contributed by atoms with E-state index in [-0.39, 0.29) is 11.6 Å². The molecule has 0 amide bonds. The molecule has 6 heteroatoms. The van der Waals surface area contributed by atoms with E-state index >= 15 is 0 Å². The first-order chi connectivity index (χ1) is 15.1. The summed E-state index contributed by atoms with van der Waals surface area (Å²) in [6.45, 7) is 2.06. The largest absolute Gasteiger partial charge is 0.493 e. The second kappa shape index (κ2) is 7.47. The van der Waals surface area contributed by atoms with Crippen LogP contribution in [0.1, 0.15) is 34.1 Å². The minimum Gasteiger partial charge on any atom is -0.493 e. The van der Waals surface area contributed by atoms with Crippen molar-refractivity contribution < 1.29 is 9.47 Å². The zero-order chi connectivity index (χ0) is 21.5. The van der Waals surface area contributed by atoms with Crippen LogP contribution in [0.4, 0.5) is 0 Å². The summed E-state index contributed by atoms with van der Waals surface area (Å²) in [5.74, 6) is 1.96. The van der Waals surface area contributed by atoms with Gasteiger partial charge >= 0.3 is 0 Å². The topological polar surface area (TPSA) is 65.4 Å². The van der Waals surface area contributed by atoms with E-state index in [0.29, 0.717) is 34.6 Å². The van der Waals surface area contributed by atoms with Crippen LogP contribution < -0.4 is 20.5 Å². The molecular weight excluding hydrogens is 390 g/mol. The van der Waals surface area contributed by atoms with Crippen LogP contribution in [0.3, 0.4) is 0 Å². The number of hydrogen-bond donors (Lipinski definition) is 1. The lowest BCUT2D eigenvalue weighted by Crippen LogP contribution is -2.34. The maximum atomic E-state index is 13.4. The van der Waals surface area contributed by atoms with Crippen molar-refractivity contribution in [3.63, 3.8) is 0 Å². The number of benzene rings is 3. The molecule has 4 aromatic rings. The Labute approximate surface area is 180 Å². The summed E-state index contributed by atoms with van der Waals surface area (Å²) in [5, 5.41) is 0.586. The molecule has 31 heavy (non-hydrogen) atoms. The molecule has 0 fully saturated rings. The van der Waals surface area contributed by atoms with Crippen LogP contribution in [0.25, 0.3) is 10.9 Å². The highest BCUT2D eigenvalue weighted by Gasteiger charge is 2.27. The van der Waals surface area contributed by atoms with Gasteiger partial charge in [-0.25, -0.2) is 9.66 Å². The molecule has 0 saturated carbocycles. The molecular formula is C25H23N3O3. The van der Waals surface area contributed by atoms with E-state index in [2.05, 4.69) is 36.6 Å². The normalized spacial score (nSPS) is 14.9. The highest BCUT2D eigenvalue weighted by Crippen LogP contribution is 2.38. The van der Waals surface area contributed by atoms with Gasteiger partial charge in [0.2, 0.25) is 0 Å². The summed E-state index contributed by atoms with van der Waals surface area (Å²) in [6, 6.07) is 19.5. The lowest BCUT2D eigenvalue weighted by Gasteiger charge is -2.23. The molecule has 2 heterocycles. The Balaban J connectivity index is 1.78. The Kier molecular flexibility index (Phi) is 4.62. The lowest BCUT2D eigenvalue weighted by atomic mass is 9.92. The summed E-state index contributed by atoms with van der Waals surface area (Å²) < 4.78 is 12.7. The first-order valence-electron chi connectivity index (χ1n) is 10.2. The van der Waals surface area contributed by atoms with Crippen LogP contribution in [-0.4, -0.2) is 23.9 Å². The maximum Gasteiger partial charge on any atom is 0.279 e. The van der Waals surface area contributed by atoms with E-state index in [9.17, 15) is 4.79 Å². The highest BCUT2D eigenvalue weighted by atomic mass is 16.5. The van der Waals surface area contributed by atoms with Crippen LogP contribution in [0.15, 0.2) is 65.5 Å². The van der Waals surface area contributed by atoms with E-state index in [1.54, 1.807) is 18.9 Å². The van der Waals surface area contributed by atoms with Crippen LogP contribution in [-0.2, 0) is 6.42 Å². The highest BCUT2D eigenvalue weighted by molar-refractivity contribution is 5.77. The summed E-state index contributed by atoms with van der Waals surface area (Å²) in [6.07, 6.45) is 0.491. The molecule has 0 saturated heterocycles. The van der Waals surface area contributed by atoms with Gasteiger partial charge in [0.25, 0.3) is 5.56 Å². The zero-order valence-electron chi connectivity index (χ0n) is 17.7. The minimum atomic E-state index is -0.252. The van der Waals surface area contributed by atoms with Gasteiger partial charge in [0.15, 0.2) is 11.5 Å². The van der Waals surface area contributed by atoms with Crippen molar-refractivity contribution in [2.75, 3.05) is 19.6 Å². The number of rotatable bonds is 3. The average Bonchev–Trinajstić information content (AvgIpc) is 2.95. The third-order valence-corrected chi connectivity index (χ3v) is 5.82. The van der Waals surface area contributed by atoms with Crippen molar-refractivity contribution in [3.05, 3.63) is 99.1 Å². The molecule has 0 unspecified atom stereocenters. The predicted octanol–water partition coefficient (Wildman–Crippen LogP) is 3.96. The molecule has 1 aliphatic rings. The summed E-state index contributed by atoms with van der Waals surface area (Å²) in [7, 11) is 3.25. The first kappa shape index (κ1) is 19.2. The second-order valence-corrected chi connectivity index (χ2v) is 7.74. The van der Waals surface area contributed by atoms with Crippen molar-refractivity contribution in [3.8, 4) is 11.5 Å². The molecule has 1 atom stereocenters. The first-order valence-corrected chi connectivity index (χ1v) is 10.2. The fourth-order valence-electron chi connectivity index (χ4n) is 4.17. The SMILES string of the molecule is COc1cc2c(cc1OC)[C@@H](c1ccc(C)cc1)Nn1c(nc3ccccc3c1=O)C2. The monoisotopic (exact) mass is 413 g/mol. The molecule has 1 aromatic heterocycles. The molecule has 3 aromatic carbocycles. The molecule has 0 aliphatic carbocycles. The number of hydrogen-bond acceptors (Lipinski definition) is 5. The average molecular weight is 413 g/mol. The van der Waals surface area contributed by atoms with Gasteiger partial charge in [0, 0.05) is 6.42 Å². The zero-order valence-corrected chi connectivity index (χ0v) is 17.7.